The van der Waals surface area contributed by atoms with Crippen molar-refractivity contribution in [1.82, 2.24) is 5.32 Å². The third kappa shape index (κ3) is 3.98. The predicted molar refractivity (Wildman–Crippen MR) is 80.3 cm³/mol. The lowest BCUT2D eigenvalue weighted by Crippen LogP contribution is -2.30. The molecule has 1 fully saturated rings. The number of aliphatic hydroxyl groups excluding tert-OH is 1. The van der Waals surface area contributed by atoms with Crippen LogP contribution in [0.3, 0.4) is 0 Å². The third-order valence-corrected chi connectivity index (χ3v) is 3.76. The van der Waals surface area contributed by atoms with Gasteiger partial charge in [0.05, 0.1) is 20.8 Å². The Labute approximate surface area is 124 Å². The van der Waals surface area contributed by atoms with Crippen LogP contribution >= 0.6 is 0 Å². The van der Waals surface area contributed by atoms with Gasteiger partial charge in [-0.05, 0) is 36.6 Å². The van der Waals surface area contributed by atoms with Crippen LogP contribution in [0.1, 0.15) is 18.4 Å². The number of benzene rings is 1. The van der Waals surface area contributed by atoms with Gasteiger partial charge in [-0.2, -0.15) is 0 Å². The molecule has 1 aliphatic carbocycles. The maximum absolute atomic E-state index is 11.7. The highest BCUT2D eigenvalue weighted by atomic mass is 16.5. The van der Waals surface area contributed by atoms with Gasteiger partial charge in [0, 0.05) is 18.0 Å². The summed E-state index contributed by atoms with van der Waals surface area (Å²) in [4.78, 5) is 11.7. The normalized spacial score (nSPS) is 15.8. The van der Waals surface area contributed by atoms with Gasteiger partial charge in [-0.3, -0.25) is 4.79 Å². The second kappa shape index (κ2) is 6.63. The first-order valence-electron chi connectivity index (χ1n) is 6.91. The largest absolute Gasteiger partial charge is 0.493 e. The van der Waals surface area contributed by atoms with E-state index in [0.717, 1.165) is 18.4 Å². The van der Waals surface area contributed by atoms with Crippen molar-refractivity contribution in [2.75, 3.05) is 27.4 Å². The van der Waals surface area contributed by atoms with Gasteiger partial charge < -0.3 is 19.9 Å². The molecule has 1 aromatic rings. The third-order valence-electron chi connectivity index (χ3n) is 3.76. The van der Waals surface area contributed by atoms with Crippen LogP contribution in [0.2, 0.25) is 0 Å². The summed E-state index contributed by atoms with van der Waals surface area (Å²) >= 11 is 0. The number of carbonyl (C=O) groups is 1. The molecule has 0 bridgehead atoms. The summed E-state index contributed by atoms with van der Waals surface area (Å²) in [6.45, 7) is 0.658. The number of nitrogens with one attached hydrogen (secondary N) is 1. The fraction of sp³-hybridized carbons (Fsp3) is 0.438. The lowest BCUT2D eigenvalue weighted by atomic mass is 10.1. The van der Waals surface area contributed by atoms with Crippen LogP contribution in [0.25, 0.3) is 6.08 Å². The minimum Gasteiger partial charge on any atom is -0.493 e. The number of rotatable bonds is 7. The zero-order valence-electron chi connectivity index (χ0n) is 12.4. The van der Waals surface area contributed by atoms with E-state index in [-0.39, 0.29) is 17.9 Å². The van der Waals surface area contributed by atoms with Crippen molar-refractivity contribution >= 4 is 12.0 Å². The topological polar surface area (TPSA) is 67.8 Å². The van der Waals surface area contributed by atoms with Crippen LogP contribution in [0.4, 0.5) is 0 Å². The summed E-state index contributed by atoms with van der Waals surface area (Å²) in [5.74, 6) is 1.11. The second-order valence-corrected chi connectivity index (χ2v) is 5.32. The van der Waals surface area contributed by atoms with E-state index in [4.69, 9.17) is 9.47 Å². The molecular weight excluding hydrogens is 270 g/mol. The van der Waals surface area contributed by atoms with Crippen LogP contribution in [0, 0.1) is 5.41 Å². The summed E-state index contributed by atoms with van der Waals surface area (Å²) in [6, 6.07) is 5.45. The quantitative estimate of drug-likeness (QED) is 0.749. The summed E-state index contributed by atoms with van der Waals surface area (Å²) in [7, 11) is 3.15. The fourth-order valence-corrected chi connectivity index (χ4v) is 2.03. The summed E-state index contributed by atoms with van der Waals surface area (Å²) < 4.78 is 10.4. The Kier molecular flexibility index (Phi) is 4.85. The molecule has 2 rings (SSSR count). The number of hydrogen-bond acceptors (Lipinski definition) is 4. The van der Waals surface area contributed by atoms with Gasteiger partial charge in [-0.15, -0.1) is 0 Å². The van der Waals surface area contributed by atoms with E-state index >= 15 is 0 Å². The zero-order valence-corrected chi connectivity index (χ0v) is 12.4. The number of methoxy groups -OCH3 is 2. The molecule has 114 valence electrons. The second-order valence-electron chi connectivity index (χ2n) is 5.32. The molecule has 0 heterocycles. The van der Waals surface area contributed by atoms with Gasteiger partial charge in [-0.1, -0.05) is 6.07 Å². The van der Waals surface area contributed by atoms with Crippen LogP contribution in [0.5, 0.6) is 11.5 Å². The molecule has 2 N–H and O–H groups in total. The van der Waals surface area contributed by atoms with E-state index in [9.17, 15) is 9.90 Å². The Hall–Kier alpha value is -2.01. The Bertz CT molecular complexity index is 535. The van der Waals surface area contributed by atoms with E-state index < -0.39 is 0 Å². The van der Waals surface area contributed by atoms with Gasteiger partial charge >= 0.3 is 0 Å². The Balaban J connectivity index is 1.92. The average Bonchev–Trinajstić information content (AvgIpc) is 3.31. The van der Waals surface area contributed by atoms with E-state index in [2.05, 4.69) is 5.32 Å². The molecule has 0 aromatic heterocycles. The van der Waals surface area contributed by atoms with Crippen molar-refractivity contribution < 1.29 is 19.4 Å². The SMILES string of the molecule is COc1ccc(C=CC(=O)NCC2(CO)CC2)cc1OC. The first-order valence-corrected chi connectivity index (χ1v) is 6.91. The van der Waals surface area contributed by atoms with Crippen LogP contribution in [-0.4, -0.2) is 38.4 Å². The molecule has 21 heavy (non-hydrogen) atoms. The molecule has 1 amide bonds. The molecule has 0 unspecified atom stereocenters. The van der Waals surface area contributed by atoms with Gasteiger partial charge in [-0.25, -0.2) is 0 Å². The van der Waals surface area contributed by atoms with Crippen LogP contribution in [-0.2, 0) is 4.79 Å². The van der Waals surface area contributed by atoms with Gasteiger partial charge in [0.25, 0.3) is 0 Å². The molecule has 0 spiro atoms. The molecule has 1 aliphatic rings. The monoisotopic (exact) mass is 291 g/mol. The first kappa shape index (κ1) is 15.4. The number of aliphatic hydroxyl groups is 1. The molecule has 5 heteroatoms. The van der Waals surface area contributed by atoms with E-state index in [1.807, 2.05) is 6.07 Å². The lowest BCUT2D eigenvalue weighted by molar-refractivity contribution is -0.116. The average molecular weight is 291 g/mol. The first-order chi connectivity index (χ1) is 10.1. The van der Waals surface area contributed by atoms with Crippen molar-refractivity contribution in [3.8, 4) is 11.5 Å². The maximum Gasteiger partial charge on any atom is 0.244 e. The van der Waals surface area contributed by atoms with Crippen molar-refractivity contribution in [2.45, 2.75) is 12.8 Å². The molecule has 0 radical (unpaired) electrons. The minimum atomic E-state index is -0.162. The Morgan fingerprint density at radius 3 is 2.62 bits per heavy atom. The van der Waals surface area contributed by atoms with Gasteiger partial charge in [0.15, 0.2) is 11.5 Å². The summed E-state index contributed by atoms with van der Waals surface area (Å²) in [6.07, 6.45) is 5.15. The standard InChI is InChI=1S/C16H21NO4/c1-20-13-5-3-12(9-14(13)21-2)4-6-15(19)17-10-16(11-18)7-8-16/h3-6,9,18H,7-8,10-11H2,1-2H3,(H,17,19). The van der Waals surface area contributed by atoms with Gasteiger partial charge in [0.2, 0.25) is 5.91 Å². The number of carbonyl (C=O) groups excluding carboxylic acids is 1. The van der Waals surface area contributed by atoms with Crippen molar-refractivity contribution in [3.63, 3.8) is 0 Å². The molecule has 5 nitrogen and oxygen atoms in total. The molecule has 0 saturated heterocycles. The number of amides is 1. The van der Waals surface area contributed by atoms with Gasteiger partial charge in [0.1, 0.15) is 0 Å². The summed E-state index contributed by atoms with van der Waals surface area (Å²) in [5, 5.41) is 12.0. The van der Waals surface area contributed by atoms with Crippen molar-refractivity contribution in [3.05, 3.63) is 29.8 Å². The summed E-state index contributed by atoms with van der Waals surface area (Å²) in [5.41, 5.74) is 0.776. The smallest absolute Gasteiger partial charge is 0.244 e. The molecular formula is C16H21NO4. The number of hydrogen-bond donors (Lipinski definition) is 2. The van der Waals surface area contributed by atoms with E-state index in [1.165, 1.54) is 6.08 Å². The molecule has 0 atom stereocenters. The lowest BCUT2D eigenvalue weighted by Gasteiger charge is -2.11. The zero-order chi connectivity index (χ0) is 15.3. The molecule has 1 saturated carbocycles. The van der Waals surface area contributed by atoms with Crippen molar-refractivity contribution in [1.29, 1.82) is 0 Å². The Morgan fingerprint density at radius 2 is 2.05 bits per heavy atom. The highest BCUT2D eigenvalue weighted by Gasteiger charge is 2.41. The van der Waals surface area contributed by atoms with Crippen molar-refractivity contribution in [2.24, 2.45) is 5.41 Å². The number of ether oxygens (including phenoxy) is 2. The minimum absolute atomic E-state index is 0.0766. The highest BCUT2D eigenvalue weighted by Crippen LogP contribution is 2.44. The predicted octanol–water partition coefficient (Wildman–Crippen LogP) is 1.61. The fourth-order valence-electron chi connectivity index (χ4n) is 2.03. The van der Waals surface area contributed by atoms with Crippen LogP contribution in [0.15, 0.2) is 24.3 Å². The maximum atomic E-state index is 11.7. The van der Waals surface area contributed by atoms with E-state index in [0.29, 0.717) is 18.0 Å². The Morgan fingerprint density at radius 1 is 1.33 bits per heavy atom. The molecule has 0 aliphatic heterocycles. The van der Waals surface area contributed by atoms with Crippen LogP contribution < -0.4 is 14.8 Å². The molecule has 1 aromatic carbocycles. The van der Waals surface area contributed by atoms with E-state index in [1.54, 1.807) is 32.4 Å². The highest BCUT2D eigenvalue weighted by molar-refractivity contribution is 5.91.